The predicted molar refractivity (Wildman–Crippen MR) is 131 cm³/mol. The predicted octanol–water partition coefficient (Wildman–Crippen LogP) is 4.40. The topological polar surface area (TPSA) is 95.2 Å². The van der Waals surface area contributed by atoms with Crippen LogP contribution in [0.5, 0.6) is 0 Å². The second-order valence-corrected chi connectivity index (χ2v) is 9.14. The van der Waals surface area contributed by atoms with Crippen LogP contribution in [-0.2, 0) is 14.4 Å². The molecule has 2 aromatic carbocycles. The van der Waals surface area contributed by atoms with Crippen molar-refractivity contribution in [2.75, 3.05) is 6.54 Å². The van der Waals surface area contributed by atoms with Crippen LogP contribution < -0.4 is 5.32 Å². The average Bonchev–Trinajstić information content (AvgIpc) is 3.49. The van der Waals surface area contributed by atoms with E-state index in [0.29, 0.717) is 23.2 Å². The summed E-state index contributed by atoms with van der Waals surface area (Å²) in [6.07, 6.45) is 1.72. The molecule has 2 amide bonds. The summed E-state index contributed by atoms with van der Waals surface area (Å²) in [4.78, 5) is 45.3. The van der Waals surface area contributed by atoms with E-state index in [2.05, 4.69) is 22.4 Å². The van der Waals surface area contributed by atoms with Crippen LogP contribution >= 0.6 is 11.6 Å². The minimum Gasteiger partial charge on any atom is -0.338 e. The Morgan fingerprint density at radius 3 is 2.38 bits per heavy atom. The van der Waals surface area contributed by atoms with Crippen LogP contribution in [0.1, 0.15) is 38.6 Å². The number of nitrogens with zero attached hydrogens (tertiary/aromatic N) is 2. The number of aldehydes is 1. The van der Waals surface area contributed by atoms with Gasteiger partial charge in [-0.15, -0.1) is 0 Å². The molecule has 2 heterocycles. The van der Waals surface area contributed by atoms with E-state index < -0.39 is 11.9 Å². The van der Waals surface area contributed by atoms with Crippen molar-refractivity contribution in [2.24, 2.45) is 5.92 Å². The first-order chi connectivity index (χ1) is 16.4. The highest BCUT2D eigenvalue weighted by Gasteiger charge is 2.37. The number of aromatic nitrogens is 2. The molecule has 2 atom stereocenters. The number of H-pyrrole nitrogens is 1. The quantitative estimate of drug-likeness (QED) is 0.388. The molecule has 1 unspecified atom stereocenters. The van der Waals surface area contributed by atoms with Crippen LogP contribution in [0, 0.1) is 5.92 Å². The third-order valence-electron chi connectivity index (χ3n) is 6.13. The summed E-state index contributed by atoms with van der Waals surface area (Å²) in [5.41, 5.74) is 3.73. The van der Waals surface area contributed by atoms with Gasteiger partial charge in [0.05, 0.1) is 6.04 Å². The lowest BCUT2D eigenvalue weighted by atomic mass is 10.0. The number of carbonyl (C=O) groups is 3. The number of hydrogen-bond acceptors (Lipinski definition) is 4. The van der Waals surface area contributed by atoms with Crippen molar-refractivity contribution >= 4 is 29.7 Å². The summed E-state index contributed by atoms with van der Waals surface area (Å²) in [5, 5.41) is 2.93. The van der Waals surface area contributed by atoms with Gasteiger partial charge in [0.1, 0.15) is 22.7 Å². The van der Waals surface area contributed by atoms with Gasteiger partial charge in [-0.25, -0.2) is 4.98 Å². The van der Waals surface area contributed by atoms with E-state index >= 15 is 0 Å². The minimum absolute atomic E-state index is 0.170. The van der Waals surface area contributed by atoms with Gasteiger partial charge < -0.3 is 15.2 Å². The standard InChI is InChI=1S/C26H27ClN4O3/c1-16(2)22(28-21(33)15-32)26(34)31-14-6-9-20(31)25-29-23(24(27)30-25)19-12-10-18(11-13-19)17-7-4-3-5-8-17/h3-5,7-8,10-13,15-16,20,22H,6,9,14H2,1-2H3,(H,28,33)(H,29,30)/t20?,22-/m0/s1. The van der Waals surface area contributed by atoms with Gasteiger partial charge in [0.25, 0.3) is 5.91 Å². The maximum Gasteiger partial charge on any atom is 0.284 e. The number of carbonyl (C=O) groups excluding carboxylic acids is 3. The molecule has 0 radical (unpaired) electrons. The Bertz CT molecular complexity index is 1170. The van der Waals surface area contributed by atoms with Gasteiger partial charge in [0, 0.05) is 12.1 Å². The van der Waals surface area contributed by atoms with Crippen molar-refractivity contribution in [1.82, 2.24) is 20.2 Å². The average molecular weight is 479 g/mol. The lowest BCUT2D eigenvalue weighted by Crippen LogP contribution is -2.51. The number of imidazole rings is 1. The first kappa shape index (κ1) is 23.7. The zero-order chi connectivity index (χ0) is 24.2. The highest BCUT2D eigenvalue weighted by molar-refractivity contribution is 6.32. The van der Waals surface area contributed by atoms with Crippen LogP contribution in [0.4, 0.5) is 0 Å². The molecule has 1 aliphatic heterocycles. The van der Waals surface area contributed by atoms with Crippen LogP contribution in [0.2, 0.25) is 5.15 Å². The maximum atomic E-state index is 13.3. The fourth-order valence-electron chi connectivity index (χ4n) is 4.36. The molecule has 1 saturated heterocycles. The van der Waals surface area contributed by atoms with Crippen LogP contribution in [0.3, 0.4) is 0 Å². The first-order valence-corrected chi connectivity index (χ1v) is 11.7. The molecule has 3 aromatic rings. The van der Waals surface area contributed by atoms with Crippen molar-refractivity contribution in [1.29, 1.82) is 0 Å². The smallest absolute Gasteiger partial charge is 0.284 e. The molecule has 34 heavy (non-hydrogen) atoms. The van der Waals surface area contributed by atoms with Crippen molar-refractivity contribution in [2.45, 2.75) is 38.8 Å². The Kier molecular flexibility index (Phi) is 7.12. The summed E-state index contributed by atoms with van der Waals surface area (Å²) in [7, 11) is 0. The van der Waals surface area contributed by atoms with Crippen molar-refractivity contribution < 1.29 is 14.4 Å². The lowest BCUT2D eigenvalue weighted by Gasteiger charge is -2.29. The second kappa shape index (κ2) is 10.2. The van der Waals surface area contributed by atoms with E-state index in [0.717, 1.165) is 29.5 Å². The van der Waals surface area contributed by atoms with Crippen LogP contribution in [0.25, 0.3) is 22.4 Å². The zero-order valence-electron chi connectivity index (χ0n) is 19.1. The molecular formula is C26H27ClN4O3. The number of hydrogen-bond donors (Lipinski definition) is 2. The van der Waals surface area contributed by atoms with Gasteiger partial charge in [-0.05, 0) is 29.9 Å². The van der Waals surface area contributed by atoms with E-state index in [1.165, 1.54) is 0 Å². The van der Waals surface area contributed by atoms with Crippen molar-refractivity contribution in [3.63, 3.8) is 0 Å². The van der Waals surface area contributed by atoms with E-state index in [1.54, 1.807) is 4.90 Å². The molecule has 0 saturated carbocycles. The Hall–Kier alpha value is -3.45. The highest BCUT2D eigenvalue weighted by Crippen LogP contribution is 2.35. The summed E-state index contributed by atoms with van der Waals surface area (Å²) < 4.78 is 0. The number of likely N-dealkylation sites (tertiary alicyclic amines) is 1. The van der Waals surface area contributed by atoms with Gasteiger partial charge in [-0.2, -0.15) is 0 Å². The van der Waals surface area contributed by atoms with Gasteiger partial charge in [-0.1, -0.05) is 80.0 Å². The fraction of sp³-hybridized carbons (Fsp3) is 0.308. The molecule has 1 fully saturated rings. The lowest BCUT2D eigenvalue weighted by molar-refractivity contribution is -0.140. The second-order valence-electron chi connectivity index (χ2n) is 8.77. The molecule has 176 valence electrons. The molecular weight excluding hydrogens is 452 g/mol. The highest BCUT2D eigenvalue weighted by atomic mass is 35.5. The number of rotatable bonds is 7. The number of aromatic amines is 1. The van der Waals surface area contributed by atoms with E-state index in [4.69, 9.17) is 16.6 Å². The molecule has 4 rings (SSSR count). The summed E-state index contributed by atoms with van der Waals surface area (Å²) in [6.45, 7) is 4.21. The Morgan fingerprint density at radius 1 is 1.09 bits per heavy atom. The van der Waals surface area contributed by atoms with Gasteiger partial charge in [-0.3, -0.25) is 14.4 Å². The number of amides is 2. The summed E-state index contributed by atoms with van der Waals surface area (Å²) >= 11 is 6.53. The normalized spacial score (nSPS) is 16.5. The van der Waals surface area contributed by atoms with Gasteiger partial charge in [0.15, 0.2) is 0 Å². The summed E-state index contributed by atoms with van der Waals surface area (Å²) in [5.74, 6) is -0.585. The van der Waals surface area contributed by atoms with E-state index in [-0.39, 0.29) is 24.2 Å². The maximum absolute atomic E-state index is 13.3. The molecule has 7 nitrogen and oxygen atoms in total. The monoisotopic (exact) mass is 478 g/mol. The van der Waals surface area contributed by atoms with E-state index in [1.807, 2.05) is 56.3 Å². The number of halogens is 1. The Morgan fingerprint density at radius 2 is 1.74 bits per heavy atom. The number of benzene rings is 2. The summed E-state index contributed by atoms with van der Waals surface area (Å²) in [6, 6.07) is 17.1. The molecule has 0 spiro atoms. The largest absolute Gasteiger partial charge is 0.338 e. The van der Waals surface area contributed by atoms with Crippen molar-refractivity contribution in [3.05, 3.63) is 65.6 Å². The van der Waals surface area contributed by atoms with Crippen LogP contribution in [0.15, 0.2) is 54.6 Å². The fourth-order valence-corrected chi connectivity index (χ4v) is 4.61. The molecule has 0 aliphatic carbocycles. The molecule has 0 bridgehead atoms. The zero-order valence-corrected chi connectivity index (χ0v) is 19.9. The third kappa shape index (κ3) is 4.89. The van der Waals surface area contributed by atoms with E-state index in [9.17, 15) is 14.4 Å². The Balaban J connectivity index is 1.56. The van der Waals surface area contributed by atoms with Crippen molar-refractivity contribution in [3.8, 4) is 22.4 Å². The first-order valence-electron chi connectivity index (χ1n) is 11.4. The van der Waals surface area contributed by atoms with Gasteiger partial charge in [0.2, 0.25) is 12.2 Å². The SMILES string of the molecule is CC(C)[C@H](NC(=O)C=O)C(=O)N1CCCC1c1nc(-c2ccc(-c3ccccc3)cc2)c(Cl)[nH]1. The number of nitrogens with one attached hydrogen (secondary N) is 2. The van der Waals surface area contributed by atoms with Gasteiger partial charge >= 0.3 is 0 Å². The third-order valence-corrected chi connectivity index (χ3v) is 6.41. The molecule has 1 aliphatic rings. The van der Waals surface area contributed by atoms with Crippen LogP contribution in [-0.4, -0.2) is 45.6 Å². The Labute approximate surface area is 203 Å². The molecule has 2 N–H and O–H groups in total. The minimum atomic E-state index is -0.801. The molecule has 8 heteroatoms. The molecule has 1 aromatic heterocycles.